The zero-order chi connectivity index (χ0) is 25.5. The Bertz CT molecular complexity index is 1010. The van der Waals surface area contributed by atoms with Gasteiger partial charge in [0, 0.05) is 44.9 Å². The van der Waals surface area contributed by atoms with Gasteiger partial charge in [-0.05, 0) is 13.1 Å². The molecule has 2 rings (SSSR count). The van der Waals surface area contributed by atoms with E-state index >= 15 is 0 Å². The van der Waals surface area contributed by atoms with E-state index in [-0.39, 0.29) is 38.2 Å². The number of nitrogens with zero attached hydrogens (tertiary/aromatic N) is 2. The first-order chi connectivity index (χ1) is 15.9. The number of H-pyrrole nitrogens is 1. The summed E-state index contributed by atoms with van der Waals surface area (Å²) in [5, 5.41) is 23.3. The molecule has 2 amide bonds. The van der Waals surface area contributed by atoms with E-state index in [1.165, 1.54) is 12.3 Å². The van der Waals surface area contributed by atoms with E-state index in [1.54, 1.807) is 17.3 Å². The van der Waals surface area contributed by atoms with Crippen LogP contribution in [0.3, 0.4) is 0 Å². The first kappa shape index (κ1) is 27.2. The second-order valence-electron chi connectivity index (χ2n) is 7.55. The van der Waals surface area contributed by atoms with Crippen molar-refractivity contribution in [1.82, 2.24) is 25.1 Å². The predicted octanol–water partition coefficient (Wildman–Crippen LogP) is -2.08. The minimum atomic E-state index is -4.94. The number of likely N-dealkylation sites (N-methyl/N-ethyl adjacent to an activating group) is 1. The van der Waals surface area contributed by atoms with Crippen molar-refractivity contribution < 1.29 is 37.7 Å². The predicted molar refractivity (Wildman–Crippen MR) is 112 cm³/mol. The minimum absolute atomic E-state index is 0.0220. The van der Waals surface area contributed by atoms with Gasteiger partial charge in [0.2, 0.25) is 5.91 Å². The lowest BCUT2D eigenvalue weighted by Gasteiger charge is -2.17. The highest BCUT2D eigenvalue weighted by Gasteiger charge is 2.38. The Morgan fingerprint density at radius 3 is 2.53 bits per heavy atom. The van der Waals surface area contributed by atoms with E-state index < -0.39 is 54.3 Å². The summed E-state index contributed by atoms with van der Waals surface area (Å²) < 4.78 is 42.8. The molecular weight excluding hydrogens is 467 g/mol. The first-order valence-electron chi connectivity index (χ1n) is 10.2. The molecule has 0 unspecified atom stereocenters. The Hall–Kier alpha value is -3.01. The van der Waals surface area contributed by atoms with Crippen LogP contribution in [0.15, 0.2) is 21.9 Å². The molecule has 3 atom stereocenters. The summed E-state index contributed by atoms with van der Waals surface area (Å²) in [6.45, 7) is -0.124. The lowest BCUT2D eigenvalue weighted by molar-refractivity contribution is -0.173. The van der Waals surface area contributed by atoms with Crippen molar-refractivity contribution in [3.05, 3.63) is 38.7 Å². The molecule has 5 N–H and O–H groups in total. The Balaban J connectivity index is 1.85. The number of alkyl halides is 3. The second kappa shape index (κ2) is 11.9. The van der Waals surface area contributed by atoms with E-state index in [9.17, 15) is 37.5 Å². The highest BCUT2D eigenvalue weighted by molar-refractivity contribution is 5.91. The molecule has 1 aliphatic rings. The Labute approximate surface area is 191 Å². The van der Waals surface area contributed by atoms with Crippen molar-refractivity contribution in [2.45, 2.75) is 31.0 Å². The van der Waals surface area contributed by atoms with Crippen LogP contribution in [0, 0.1) is 0 Å². The number of aliphatic hydroxyl groups is 2. The van der Waals surface area contributed by atoms with Gasteiger partial charge in [-0.1, -0.05) is 0 Å². The summed E-state index contributed by atoms with van der Waals surface area (Å²) in [5.74, 6) is -2.59. The maximum absolute atomic E-state index is 12.1. The van der Waals surface area contributed by atoms with Gasteiger partial charge in [0.1, 0.15) is 12.3 Å². The average Bonchev–Trinajstić information content (AvgIpc) is 3.12. The molecule has 15 heteroatoms. The first-order valence-corrected chi connectivity index (χ1v) is 10.2. The molecule has 0 radical (unpaired) electrons. The zero-order valence-electron chi connectivity index (χ0n) is 18.2. The number of aromatic nitrogens is 2. The average molecular weight is 493 g/mol. The summed E-state index contributed by atoms with van der Waals surface area (Å²) in [5.41, 5.74) is -1.56. The number of nitrogens with one attached hydrogen (secondary N) is 3. The zero-order valence-corrected chi connectivity index (χ0v) is 18.2. The molecular formula is C19H26F3N5O7. The molecule has 0 spiro atoms. The van der Waals surface area contributed by atoms with Crippen LogP contribution >= 0.6 is 0 Å². The van der Waals surface area contributed by atoms with Crippen molar-refractivity contribution in [1.29, 1.82) is 0 Å². The second-order valence-corrected chi connectivity index (χ2v) is 7.55. The minimum Gasteiger partial charge on any atom is -0.394 e. The summed E-state index contributed by atoms with van der Waals surface area (Å²) in [6, 6.07) is 0. The van der Waals surface area contributed by atoms with E-state index in [0.29, 0.717) is 0 Å². The largest absolute Gasteiger partial charge is 0.471 e. The van der Waals surface area contributed by atoms with Gasteiger partial charge in [-0.25, -0.2) is 4.79 Å². The van der Waals surface area contributed by atoms with Gasteiger partial charge in [0.15, 0.2) is 0 Å². The number of hydrogen-bond donors (Lipinski definition) is 5. The monoisotopic (exact) mass is 493 g/mol. The SMILES string of the molecule is CN(CCNC(=O)/C=C/c1cn([C@H]2C[C@H](O)[C@@H](CO)O2)c(=O)[nH]c1=O)CCNC(=O)C(F)(F)F. The van der Waals surface area contributed by atoms with Crippen molar-refractivity contribution in [3.63, 3.8) is 0 Å². The topological polar surface area (TPSA) is 166 Å². The lowest BCUT2D eigenvalue weighted by atomic mass is 10.2. The van der Waals surface area contributed by atoms with Gasteiger partial charge < -0.3 is 30.5 Å². The highest BCUT2D eigenvalue weighted by Crippen LogP contribution is 2.27. The highest BCUT2D eigenvalue weighted by atomic mass is 19.4. The molecule has 190 valence electrons. The normalized spacial score (nSPS) is 20.7. The Kier molecular flexibility index (Phi) is 9.55. The summed E-state index contributed by atoms with van der Waals surface area (Å²) in [6.07, 6.45) is -4.28. The van der Waals surface area contributed by atoms with Crippen LogP contribution < -0.4 is 21.9 Å². The summed E-state index contributed by atoms with van der Waals surface area (Å²) in [7, 11) is 1.59. The smallest absolute Gasteiger partial charge is 0.394 e. The van der Waals surface area contributed by atoms with Crippen LogP contribution in [-0.4, -0.2) is 94.7 Å². The number of halogens is 3. The molecule has 1 aromatic rings. The molecule has 12 nitrogen and oxygen atoms in total. The molecule has 34 heavy (non-hydrogen) atoms. The molecule has 0 bridgehead atoms. The quantitative estimate of drug-likeness (QED) is 0.232. The van der Waals surface area contributed by atoms with Gasteiger partial charge in [-0.15, -0.1) is 0 Å². The van der Waals surface area contributed by atoms with Crippen molar-refractivity contribution in [3.8, 4) is 0 Å². The number of aliphatic hydroxyl groups excluding tert-OH is 2. The molecule has 0 aliphatic carbocycles. The van der Waals surface area contributed by atoms with E-state index in [0.717, 1.165) is 10.6 Å². The summed E-state index contributed by atoms with van der Waals surface area (Å²) in [4.78, 5) is 50.5. The van der Waals surface area contributed by atoms with Crippen LogP contribution in [-0.2, 0) is 14.3 Å². The standard InChI is InChI=1S/C19H26F3N5O7/c1-26(7-5-24-17(32)19(20,21)22)6-4-23-14(30)3-2-11-9-27(18(33)25-16(11)31)15-8-12(29)13(10-28)34-15/h2-3,9,12-13,15,28-29H,4-8,10H2,1H3,(H,23,30)(H,24,32)(H,25,31,33)/b3-2+/t12-,13+,15+/m0/s1. The number of aromatic amines is 1. The number of hydrogen-bond acceptors (Lipinski definition) is 8. The van der Waals surface area contributed by atoms with Gasteiger partial charge in [-0.3, -0.25) is 23.9 Å². The molecule has 1 aromatic heterocycles. The number of amides is 2. The maximum atomic E-state index is 12.1. The van der Waals surface area contributed by atoms with Gasteiger partial charge in [0.25, 0.3) is 5.56 Å². The number of ether oxygens (including phenoxy) is 1. The number of carbonyl (C=O) groups is 2. The van der Waals surface area contributed by atoms with Crippen LogP contribution in [0.5, 0.6) is 0 Å². The Morgan fingerprint density at radius 2 is 1.94 bits per heavy atom. The van der Waals surface area contributed by atoms with Crippen LogP contribution in [0.2, 0.25) is 0 Å². The number of carbonyl (C=O) groups excluding carboxylic acids is 2. The molecule has 1 aliphatic heterocycles. The van der Waals surface area contributed by atoms with Crippen LogP contribution in [0.4, 0.5) is 13.2 Å². The van der Waals surface area contributed by atoms with Crippen LogP contribution in [0.1, 0.15) is 18.2 Å². The van der Waals surface area contributed by atoms with Gasteiger partial charge in [-0.2, -0.15) is 13.2 Å². The third kappa shape index (κ3) is 7.79. The van der Waals surface area contributed by atoms with Gasteiger partial charge >= 0.3 is 17.8 Å². The van der Waals surface area contributed by atoms with Crippen LogP contribution in [0.25, 0.3) is 6.08 Å². The number of rotatable bonds is 10. The van der Waals surface area contributed by atoms with Crippen molar-refractivity contribution in [2.75, 3.05) is 39.8 Å². The third-order valence-electron chi connectivity index (χ3n) is 4.93. The molecule has 0 aromatic carbocycles. The molecule has 0 saturated carbocycles. The van der Waals surface area contributed by atoms with E-state index in [4.69, 9.17) is 9.84 Å². The maximum Gasteiger partial charge on any atom is 0.471 e. The Morgan fingerprint density at radius 1 is 1.29 bits per heavy atom. The fourth-order valence-electron chi connectivity index (χ4n) is 3.05. The molecule has 1 saturated heterocycles. The molecule has 1 fully saturated rings. The van der Waals surface area contributed by atoms with E-state index in [2.05, 4.69) is 10.3 Å². The van der Waals surface area contributed by atoms with Crippen molar-refractivity contribution in [2.24, 2.45) is 0 Å². The fraction of sp³-hybridized carbons (Fsp3) is 0.579. The lowest BCUT2D eigenvalue weighted by Crippen LogP contribution is -2.41. The van der Waals surface area contributed by atoms with Crippen molar-refractivity contribution >= 4 is 17.9 Å². The summed E-state index contributed by atoms with van der Waals surface area (Å²) >= 11 is 0. The van der Waals surface area contributed by atoms with E-state index in [1.807, 2.05) is 0 Å². The third-order valence-corrected chi connectivity index (χ3v) is 4.93. The fourth-order valence-corrected chi connectivity index (χ4v) is 3.05. The molecule has 2 heterocycles. The van der Waals surface area contributed by atoms with Gasteiger partial charge in [0.05, 0.1) is 18.3 Å².